The number of amides is 2. The Kier molecular flexibility index (Phi) is 7.25. The molecule has 0 radical (unpaired) electrons. The molecule has 0 spiro atoms. The largest absolute Gasteiger partial charge is 0.497 e. The first-order chi connectivity index (χ1) is 14.1. The minimum absolute atomic E-state index is 0.0268. The van der Waals surface area contributed by atoms with Gasteiger partial charge in [0.15, 0.2) is 6.54 Å². The van der Waals surface area contributed by atoms with Crippen LogP contribution in [0.5, 0.6) is 5.75 Å². The van der Waals surface area contributed by atoms with Crippen molar-refractivity contribution in [3.05, 3.63) is 59.7 Å². The molecule has 0 aromatic heterocycles. The number of para-hydroxylation sites is 1. The second-order valence-electron chi connectivity index (χ2n) is 7.39. The summed E-state index contributed by atoms with van der Waals surface area (Å²) in [4.78, 5) is 28.1. The van der Waals surface area contributed by atoms with Gasteiger partial charge in [0.1, 0.15) is 5.75 Å². The Labute approximate surface area is 172 Å². The average Bonchev–Trinajstić information content (AvgIpc) is 2.75. The van der Waals surface area contributed by atoms with Gasteiger partial charge in [0.2, 0.25) is 5.91 Å². The van der Waals surface area contributed by atoms with Gasteiger partial charge in [-0.05, 0) is 35.7 Å². The van der Waals surface area contributed by atoms with E-state index < -0.39 is 0 Å². The highest BCUT2D eigenvalue weighted by atomic mass is 16.5. The summed E-state index contributed by atoms with van der Waals surface area (Å²) in [6.45, 7) is 5.46. The molecule has 2 aromatic rings. The monoisotopic (exact) mass is 396 g/mol. The lowest BCUT2D eigenvalue weighted by molar-refractivity contribution is -0.895. The number of anilines is 1. The van der Waals surface area contributed by atoms with Gasteiger partial charge in [-0.25, -0.2) is 0 Å². The molecule has 2 N–H and O–H groups in total. The lowest BCUT2D eigenvalue weighted by Crippen LogP contribution is -3.15. The van der Waals surface area contributed by atoms with Crippen LogP contribution in [0.3, 0.4) is 0 Å². The molecule has 0 aliphatic carbocycles. The van der Waals surface area contributed by atoms with Gasteiger partial charge in [-0.3, -0.25) is 9.59 Å². The van der Waals surface area contributed by atoms with Crippen LogP contribution >= 0.6 is 0 Å². The molecular formula is C23H30N3O3+. The van der Waals surface area contributed by atoms with E-state index in [1.165, 1.54) is 4.90 Å². The lowest BCUT2D eigenvalue weighted by atomic mass is 10.1. The van der Waals surface area contributed by atoms with Crippen LogP contribution in [-0.4, -0.2) is 56.5 Å². The van der Waals surface area contributed by atoms with Crippen LogP contribution in [0.4, 0.5) is 5.69 Å². The topological polar surface area (TPSA) is 63.1 Å². The Hall–Kier alpha value is -2.86. The average molecular weight is 397 g/mol. The molecule has 1 saturated heterocycles. The van der Waals surface area contributed by atoms with Crippen molar-refractivity contribution in [2.75, 3.05) is 45.2 Å². The smallest absolute Gasteiger partial charge is 0.279 e. The Morgan fingerprint density at radius 3 is 2.41 bits per heavy atom. The number of nitrogens with zero attached hydrogens (tertiary/aromatic N) is 1. The fourth-order valence-electron chi connectivity index (χ4n) is 3.65. The SMILES string of the molecule is CCc1ccccc1NC(=O)C[NH+]1CCN(C(=O)Cc2ccc(OC)cc2)CC1. The van der Waals surface area contributed by atoms with Gasteiger partial charge < -0.3 is 19.9 Å². The number of methoxy groups -OCH3 is 1. The Morgan fingerprint density at radius 1 is 1.07 bits per heavy atom. The van der Waals surface area contributed by atoms with E-state index in [0.29, 0.717) is 26.1 Å². The molecule has 6 heteroatoms. The maximum absolute atomic E-state index is 12.6. The Bertz CT molecular complexity index is 828. The minimum atomic E-state index is 0.0268. The van der Waals surface area contributed by atoms with Crippen molar-refractivity contribution >= 4 is 17.5 Å². The maximum Gasteiger partial charge on any atom is 0.279 e. The van der Waals surface area contributed by atoms with Crippen molar-refractivity contribution in [2.45, 2.75) is 19.8 Å². The number of carbonyl (C=O) groups excluding carboxylic acids is 2. The minimum Gasteiger partial charge on any atom is -0.497 e. The number of carbonyl (C=O) groups is 2. The molecule has 2 amide bonds. The zero-order valence-corrected chi connectivity index (χ0v) is 17.2. The number of hydrogen-bond acceptors (Lipinski definition) is 3. The Morgan fingerprint density at radius 2 is 1.76 bits per heavy atom. The summed E-state index contributed by atoms with van der Waals surface area (Å²) in [7, 11) is 1.63. The molecule has 1 aliphatic rings. The molecule has 2 aromatic carbocycles. The first-order valence-electron chi connectivity index (χ1n) is 10.2. The van der Waals surface area contributed by atoms with E-state index in [4.69, 9.17) is 4.74 Å². The zero-order chi connectivity index (χ0) is 20.6. The van der Waals surface area contributed by atoms with Crippen molar-refractivity contribution in [1.29, 1.82) is 0 Å². The van der Waals surface area contributed by atoms with Crippen molar-refractivity contribution in [1.82, 2.24) is 4.90 Å². The fourth-order valence-corrected chi connectivity index (χ4v) is 3.65. The third-order valence-electron chi connectivity index (χ3n) is 5.42. The number of hydrogen-bond donors (Lipinski definition) is 2. The molecule has 0 unspecified atom stereocenters. The van der Waals surface area contributed by atoms with Crippen LogP contribution < -0.4 is 15.0 Å². The predicted molar refractivity (Wildman–Crippen MR) is 113 cm³/mol. The van der Waals surface area contributed by atoms with E-state index in [0.717, 1.165) is 42.1 Å². The van der Waals surface area contributed by atoms with Gasteiger partial charge in [0, 0.05) is 5.69 Å². The van der Waals surface area contributed by atoms with Gasteiger partial charge in [0.05, 0.1) is 39.7 Å². The van der Waals surface area contributed by atoms with Crippen molar-refractivity contribution in [2.24, 2.45) is 0 Å². The van der Waals surface area contributed by atoms with Crippen LogP contribution in [0.25, 0.3) is 0 Å². The first kappa shape index (κ1) is 20.9. The van der Waals surface area contributed by atoms with Crippen molar-refractivity contribution in [3.8, 4) is 5.75 Å². The molecular weight excluding hydrogens is 366 g/mol. The number of quaternary nitrogens is 1. The van der Waals surface area contributed by atoms with Gasteiger partial charge in [-0.1, -0.05) is 37.3 Å². The molecule has 3 rings (SSSR count). The van der Waals surface area contributed by atoms with E-state index in [-0.39, 0.29) is 11.8 Å². The van der Waals surface area contributed by atoms with Gasteiger partial charge in [-0.2, -0.15) is 0 Å². The van der Waals surface area contributed by atoms with E-state index in [9.17, 15) is 9.59 Å². The lowest BCUT2D eigenvalue weighted by Gasteiger charge is -2.32. The molecule has 29 heavy (non-hydrogen) atoms. The number of benzene rings is 2. The molecule has 6 nitrogen and oxygen atoms in total. The number of piperazine rings is 1. The first-order valence-corrected chi connectivity index (χ1v) is 10.2. The van der Waals surface area contributed by atoms with Crippen LogP contribution in [0.1, 0.15) is 18.1 Å². The quantitative estimate of drug-likeness (QED) is 0.739. The van der Waals surface area contributed by atoms with Crippen molar-refractivity contribution < 1.29 is 19.2 Å². The molecule has 0 saturated carbocycles. The van der Waals surface area contributed by atoms with Crippen LogP contribution in [-0.2, 0) is 22.4 Å². The predicted octanol–water partition coefficient (Wildman–Crippen LogP) is 1.17. The summed E-state index contributed by atoms with van der Waals surface area (Å²) in [6.07, 6.45) is 1.28. The molecule has 0 atom stereocenters. The zero-order valence-electron chi connectivity index (χ0n) is 17.2. The number of ether oxygens (including phenoxy) is 1. The summed E-state index contributed by atoms with van der Waals surface area (Å²) >= 11 is 0. The molecule has 1 fully saturated rings. The summed E-state index contributed by atoms with van der Waals surface area (Å²) in [6, 6.07) is 15.5. The highest BCUT2D eigenvalue weighted by molar-refractivity contribution is 5.92. The van der Waals surface area contributed by atoms with Gasteiger partial charge >= 0.3 is 0 Å². The van der Waals surface area contributed by atoms with E-state index >= 15 is 0 Å². The molecule has 1 heterocycles. The second kappa shape index (κ2) is 10.1. The van der Waals surface area contributed by atoms with Crippen molar-refractivity contribution in [3.63, 3.8) is 0 Å². The third kappa shape index (κ3) is 5.81. The summed E-state index contributed by atoms with van der Waals surface area (Å²) in [5.41, 5.74) is 3.03. The molecule has 154 valence electrons. The summed E-state index contributed by atoms with van der Waals surface area (Å²) in [5, 5.41) is 3.03. The molecule has 0 bridgehead atoms. The fraction of sp³-hybridized carbons (Fsp3) is 0.391. The van der Waals surface area contributed by atoms with E-state index in [1.807, 2.05) is 53.4 Å². The standard InChI is InChI=1S/C23H29N3O3/c1-3-19-6-4-5-7-21(19)24-22(27)17-25-12-14-26(15-13-25)23(28)16-18-8-10-20(29-2)11-9-18/h4-11H,3,12-17H2,1-2H3,(H,24,27)/p+1. The van der Waals surface area contributed by atoms with Crippen LogP contribution in [0.2, 0.25) is 0 Å². The summed E-state index contributed by atoms with van der Waals surface area (Å²) in [5.74, 6) is 0.952. The van der Waals surface area contributed by atoms with E-state index in [2.05, 4.69) is 12.2 Å². The van der Waals surface area contributed by atoms with Crippen LogP contribution in [0.15, 0.2) is 48.5 Å². The van der Waals surface area contributed by atoms with Gasteiger partial charge in [-0.15, -0.1) is 0 Å². The number of aryl methyl sites for hydroxylation is 1. The Balaban J connectivity index is 1.44. The summed E-state index contributed by atoms with van der Waals surface area (Å²) < 4.78 is 5.15. The molecule has 1 aliphatic heterocycles. The number of nitrogens with one attached hydrogen (secondary N) is 2. The highest BCUT2D eigenvalue weighted by Crippen LogP contribution is 2.15. The van der Waals surface area contributed by atoms with E-state index in [1.54, 1.807) is 7.11 Å². The normalized spacial score (nSPS) is 14.5. The second-order valence-corrected chi connectivity index (χ2v) is 7.39. The number of rotatable bonds is 7. The highest BCUT2D eigenvalue weighted by Gasteiger charge is 2.25. The van der Waals surface area contributed by atoms with Gasteiger partial charge in [0.25, 0.3) is 5.91 Å². The van der Waals surface area contributed by atoms with Crippen LogP contribution in [0, 0.1) is 0 Å². The third-order valence-corrected chi connectivity index (χ3v) is 5.42. The maximum atomic E-state index is 12.6.